The van der Waals surface area contributed by atoms with Crippen molar-refractivity contribution in [1.82, 2.24) is 0 Å². The van der Waals surface area contributed by atoms with Gasteiger partial charge in [-0.15, -0.1) is 0 Å². The molecule has 110 valence electrons. The van der Waals surface area contributed by atoms with E-state index in [0.717, 1.165) is 11.1 Å². The molecule has 2 aromatic carbocycles. The Balaban J connectivity index is 2.35. The molecule has 0 aliphatic rings. The molecular formula is C16H16O4S. The van der Waals surface area contributed by atoms with Crippen LogP contribution in [0.15, 0.2) is 47.4 Å². The van der Waals surface area contributed by atoms with Gasteiger partial charge in [-0.25, -0.2) is 13.2 Å². The summed E-state index contributed by atoms with van der Waals surface area (Å²) in [7, 11) is -3.49. The van der Waals surface area contributed by atoms with E-state index in [1.165, 1.54) is 12.1 Å². The summed E-state index contributed by atoms with van der Waals surface area (Å²) in [5, 5.41) is 8.94. The smallest absolute Gasteiger partial charge is 0.335 e. The quantitative estimate of drug-likeness (QED) is 0.942. The van der Waals surface area contributed by atoms with E-state index in [1.54, 1.807) is 30.3 Å². The maximum Gasteiger partial charge on any atom is 0.335 e. The Morgan fingerprint density at radius 3 is 2.38 bits per heavy atom. The number of aromatic carboxylic acids is 1. The van der Waals surface area contributed by atoms with Crippen molar-refractivity contribution in [2.24, 2.45) is 0 Å². The lowest BCUT2D eigenvalue weighted by Crippen LogP contribution is -2.06. The van der Waals surface area contributed by atoms with Gasteiger partial charge in [-0.2, -0.15) is 0 Å². The maximum atomic E-state index is 12.4. The molecule has 5 heteroatoms. The third kappa shape index (κ3) is 3.49. The summed E-state index contributed by atoms with van der Waals surface area (Å²) in [5.41, 5.74) is 2.49. The molecule has 21 heavy (non-hydrogen) atoms. The number of sulfone groups is 1. The molecule has 2 rings (SSSR count). The van der Waals surface area contributed by atoms with E-state index < -0.39 is 15.8 Å². The van der Waals surface area contributed by atoms with Crippen molar-refractivity contribution in [1.29, 1.82) is 0 Å². The minimum atomic E-state index is -3.49. The molecule has 0 amide bonds. The first-order chi connectivity index (χ1) is 9.79. The van der Waals surface area contributed by atoms with E-state index in [1.807, 2.05) is 13.8 Å². The zero-order valence-corrected chi connectivity index (χ0v) is 12.6. The molecule has 1 N–H and O–H groups in total. The van der Waals surface area contributed by atoms with Crippen molar-refractivity contribution in [3.8, 4) is 0 Å². The lowest BCUT2D eigenvalue weighted by atomic mass is 10.1. The summed E-state index contributed by atoms with van der Waals surface area (Å²) in [6.45, 7) is 3.78. The Morgan fingerprint density at radius 1 is 1.05 bits per heavy atom. The van der Waals surface area contributed by atoms with Crippen LogP contribution < -0.4 is 0 Å². The first kappa shape index (κ1) is 15.3. The van der Waals surface area contributed by atoms with Gasteiger partial charge in [-0.1, -0.05) is 18.2 Å². The van der Waals surface area contributed by atoms with Gasteiger partial charge in [0, 0.05) is 0 Å². The highest BCUT2D eigenvalue weighted by Gasteiger charge is 2.16. The second-order valence-electron chi connectivity index (χ2n) is 5.01. The van der Waals surface area contributed by atoms with Crippen LogP contribution in [0.2, 0.25) is 0 Å². The number of aryl methyl sites for hydroxylation is 2. The predicted octanol–water partition coefficient (Wildman–Crippen LogP) is 2.98. The molecule has 0 aliphatic carbocycles. The van der Waals surface area contributed by atoms with E-state index in [0.29, 0.717) is 5.56 Å². The van der Waals surface area contributed by atoms with Gasteiger partial charge in [0.05, 0.1) is 16.2 Å². The van der Waals surface area contributed by atoms with Crippen molar-refractivity contribution in [3.05, 3.63) is 64.7 Å². The minimum absolute atomic E-state index is 0.0859. The molecule has 0 radical (unpaired) electrons. The molecule has 4 nitrogen and oxygen atoms in total. The van der Waals surface area contributed by atoms with Crippen LogP contribution in [0, 0.1) is 13.8 Å². The third-order valence-electron chi connectivity index (χ3n) is 3.37. The summed E-state index contributed by atoms with van der Waals surface area (Å²) < 4.78 is 24.8. The number of hydrogen-bond donors (Lipinski definition) is 1. The Labute approximate surface area is 124 Å². The molecule has 0 aliphatic heterocycles. The van der Waals surface area contributed by atoms with Crippen LogP contribution in [0.4, 0.5) is 0 Å². The monoisotopic (exact) mass is 304 g/mol. The van der Waals surface area contributed by atoms with Crippen LogP contribution in [0.3, 0.4) is 0 Å². The Kier molecular flexibility index (Phi) is 4.14. The topological polar surface area (TPSA) is 71.4 Å². The number of carboxylic acid groups (broad SMARTS) is 1. The molecule has 2 aromatic rings. The molecule has 0 heterocycles. The zero-order chi connectivity index (χ0) is 15.6. The van der Waals surface area contributed by atoms with Crippen molar-refractivity contribution >= 4 is 15.8 Å². The SMILES string of the molecule is Cc1ccc(S(=O)(=O)Cc2cccc(C(=O)O)c2)cc1C. The molecule has 0 bridgehead atoms. The summed E-state index contributed by atoms with van der Waals surface area (Å²) in [6.07, 6.45) is 0. The Bertz CT molecular complexity index is 792. The average Bonchev–Trinajstić information content (AvgIpc) is 2.41. The number of carbonyl (C=O) groups is 1. The van der Waals surface area contributed by atoms with Crippen LogP contribution in [0.1, 0.15) is 27.0 Å². The lowest BCUT2D eigenvalue weighted by molar-refractivity contribution is 0.0696. The first-order valence-electron chi connectivity index (χ1n) is 6.42. The molecule has 0 unspecified atom stereocenters. The van der Waals surface area contributed by atoms with Crippen molar-refractivity contribution in [2.75, 3.05) is 0 Å². The fourth-order valence-electron chi connectivity index (χ4n) is 2.00. The third-order valence-corrected chi connectivity index (χ3v) is 5.05. The molecule has 0 spiro atoms. The highest BCUT2D eigenvalue weighted by atomic mass is 32.2. The van der Waals surface area contributed by atoms with Crippen LogP contribution >= 0.6 is 0 Å². The van der Waals surface area contributed by atoms with Gasteiger partial charge in [0.1, 0.15) is 0 Å². The normalized spacial score (nSPS) is 11.3. The van der Waals surface area contributed by atoms with E-state index >= 15 is 0 Å². The van der Waals surface area contributed by atoms with E-state index in [4.69, 9.17) is 5.11 Å². The number of carboxylic acids is 1. The van der Waals surface area contributed by atoms with E-state index in [-0.39, 0.29) is 16.2 Å². The van der Waals surface area contributed by atoms with Gasteiger partial charge in [0.2, 0.25) is 0 Å². The van der Waals surface area contributed by atoms with Gasteiger partial charge >= 0.3 is 5.97 Å². The van der Waals surface area contributed by atoms with Crippen molar-refractivity contribution < 1.29 is 18.3 Å². The largest absolute Gasteiger partial charge is 0.478 e. The van der Waals surface area contributed by atoms with Crippen LogP contribution in [-0.2, 0) is 15.6 Å². The number of rotatable bonds is 4. The first-order valence-corrected chi connectivity index (χ1v) is 8.07. The molecule has 0 fully saturated rings. The van der Waals surface area contributed by atoms with E-state index in [9.17, 15) is 13.2 Å². The Morgan fingerprint density at radius 2 is 1.76 bits per heavy atom. The fourth-order valence-corrected chi connectivity index (χ4v) is 3.42. The minimum Gasteiger partial charge on any atom is -0.478 e. The van der Waals surface area contributed by atoms with Crippen LogP contribution in [-0.4, -0.2) is 19.5 Å². The number of hydrogen-bond acceptors (Lipinski definition) is 3. The fraction of sp³-hybridized carbons (Fsp3) is 0.188. The van der Waals surface area contributed by atoms with Crippen LogP contribution in [0.5, 0.6) is 0 Å². The van der Waals surface area contributed by atoms with Gasteiger partial charge in [-0.05, 0) is 54.8 Å². The lowest BCUT2D eigenvalue weighted by Gasteiger charge is -2.08. The van der Waals surface area contributed by atoms with Crippen LogP contribution in [0.25, 0.3) is 0 Å². The van der Waals surface area contributed by atoms with Gasteiger partial charge in [-0.3, -0.25) is 0 Å². The molecule has 0 aromatic heterocycles. The highest BCUT2D eigenvalue weighted by molar-refractivity contribution is 7.90. The zero-order valence-electron chi connectivity index (χ0n) is 11.8. The standard InChI is InChI=1S/C16H16O4S/c1-11-6-7-15(8-12(11)2)21(19,20)10-13-4-3-5-14(9-13)16(17)18/h3-9H,10H2,1-2H3,(H,17,18). The molecule has 0 saturated heterocycles. The van der Waals surface area contributed by atoms with Gasteiger partial charge in [0.15, 0.2) is 9.84 Å². The number of benzene rings is 2. The van der Waals surface area contributed by atoms with Gasteiger partial charge in [0.25, 0.3) is 0 Å². The molecule has 0 atom stereocenters. The van der Waals surface area contributed by atoms with Crippen molar-refractivity contribution in [3.63, 3.8) is 0 Å². The Hall–Kier alpha value is -2.14. The summed E-state index contributed by atoms with van der Waals surface area (Å²) in [4.78, 5) is 11.2. The highest BCUT2D eigenvalue weighted by Crippen LogP contribution is 2.20. The second kappa shape index (κ2) is 5.69. The predicted molar refractivity (Wildman–Crippen MR) is 80.2 cm³/mol. The summed E-state index contributed by atoms with van der Waals surface area (Å²) >= 11 is 0. The average molecular weight is 304 g/mol. The summed E-state index contributed by atoms with van der Waals surface area (Å²) in [5.74, 6) is -1.28. The maximum absolute atomic E-state index is 12.4. The second-order valence-corrected chi connectivity index (χ2v) is 7.00. The molecular weight excluding hydrogens is 288 g/mol. The summed E-state index contributed by atoms with van der Waals surface area (Å²) in [6, 6.07) is 11.0. The molecule has 0 saturated carbocycles. The van der Waals surface area contributed by atoms with Crippen molar-refractivity contribution in [2.45, 2.75) is 24.5 Å². The van der Waals surface area contributed by atoms with Gasteiger partial charge < -0.3 is 5.11 Å². The van der Waals surface area contributed by atoms with E-state index in [2.05, 4.69) is 0 Å².